The highest BCUT2D eigenvalue weighted by atomic mass is 16.5. The van der Waals surface area contributed by atoms with E-state index in [0.717, 1.165) is 37.5 Å². The second-order valence-corrected chi connectivity index (χ2v) is 7.48. The summed E-state index contributed by atoms with van der Waals surface area (Å²) in [5.41, 5.74) is 0.659. The fourth-order valence-electron chi connectivity index (χ4n) is 3.66. The minimum Gasteiger partial charge on any atom is -0.497 e. The van der Waals surface area contributed by atoms with Crippen molar-refractivity contribution in [3.8, 4) is 23.1 Å². The molecule has 1 aliphatic heterocycles. The van der Waals surface area contributed by atoms with Gasteiger partial charge < -0.3 is 24.4 Å². The molecule has 3 aromatic rings. The highest BCUT2D eigenvalue weighted by molar-refractivity contribution is 5.93. The molecule has 4 rings (SSSR count). The molecule has 1 N–H and O–H groups in total. The van der Waals surface area contributed by atoms with Crippen molar-refractivity contribution >= 4 is 17.4 Å². The van der Waals surface area contributed by atoms with E-state index < -0.39 is 0 Å². The summed E-state index contributed by atoms with van der Waals surface area (Å²) in [4.78, 5) is 23.6. The second-order valence-electron chi connectivity index (χ2n) is 7.48. The van der Waals surface area contributed by atoms with E-state index in [-0.39, 0.29) is 11.8 Å². The molecule has 0 unspecified atom stereocenters. The molecule has 0 spiro atoms. The van der Waals surface area contributed by atoms with E-state index in [2.05, 4.69) is 20.2 Å². The van der Waals surface area contributed by atoms with Crippen LogP contribution >= 0.6 is 0 Å². The highest BCUT2D eigenvalue weighted by Gasteiger charge is 2.26. The SMILES string of the molecule is COc1cc(NC(=O)C2CCN(c3cc(Oc4ccccc4)ncn3)CC2)cc(OC)c1. The van der Waals surface area contributed by atoms with Crippen LogP contribution in [0.25, 0.3) is 0 Å². The van der Waals surface area contributed by atoms with Crippen LogP contribution in [0.15, 0.2) is 60.9 Å². The lowest BCUT2D eigenvalue weighted by molar-refractivity contribution is -0.120. The van der Waals surface area contributed by atoms with Gasteiger partial charge in [-0.25, -0.2) is 9.97 Å². The molecule has 166 valence electrons. The van der Waals surface area contributed by atoms with E-state index in [1.807, 2.05) is 36.4 Å². The smallest absolute Gasteiger partial charge is 0.227 e. The number of anilines is 2. The lowest BCUT2D eigenvalue weighted by Gasteiger charge is -2.32. The van der Waals surface area contributed by atoms with Crippen LogP contribution in [0.2, 0.25) is 0 Å². The summed E-state index contributed by atoms with van der Waals surface area (Å²) < 4.78 is 16.4. The zero-order valence-electron chi connectivity index (χ0n) is 18.2. The van der Waals surface area contributed by atoms with Crippen molar-refractivity contribution in [1.82, 2.24) is 9.97 Å². The van der Waals surface area contributed by atoms with Gasteiger partial charge in [0.05, 0.1) is 14.2 Å². The Morgan fingerprint density at radius 3 is 2.28 bits per heavy atom. The number of hydrogen-bond acceptors (Lipinski definition) is 7. The number of nitrogens with one attached hydrogen (secondary N) is 1. The number of amides is 1. The van der Waals surface area contributed by atoms with Crippen LogP contribution in [0.3, 0.4) is 0 Å². The largest absolute Gasteiger partial charge is 0.497 e. The summed E-state index contributed by atoms with van der Waals surface area (Å²) in [5.74, 6) is 3.19. The van der Waals surface area contributed by atoms with Crippen molar-refractivity contribution in [1.29, 1.82) is 0 Å². The monoisotopic (exact) mass is 434 g/mol. The Morgan fingerprint density at radius 2 is 1.62 bits per heavy atom. The van der Waals surface area contributed by atoms with Crippen molar-refractivity contribution in [3.05, 3.63) is 60.9 Å². The van der Waals surface area contributed by atoms with Gasteiger partial charge in [0.25, 0.3) is 0 Å². The molecule has 1 saturated heterocycles. The van der Waals surface area contributed by atoms with Gasteiger partial charge in [0.15, 0.2) is 0 Å². The number of nitrogens with zero attached hydrogens (tertiary/aromatic N) is 3. The minimum absolute atomic E-state index is 0.00394. The molecule has 0 radical (unpaired) electrons. The first-order valence-corrected chi connectivity index (χ1v) is 10.5. The Labute approximate surface area is 187 Å². The molecule has 32 heavy (non-hydrogen) atoms. The number of para-hydroxylation sites is 1. The molecular weight excluding hydrogens is 408 g/mol. The molecule has 1 aromatic heterocycles. The van der Waals surface area contributed by atoms with E-state index in [1.54, 1.807) is 32.4 Å². The second kappa shape index (κ2) is 10.00. The van der Waals surface area contributed by atoms with Gasteiger partial charge >= 0.3 is 0 Å². The lowest BCUT2D eigenvalue weighted by Crippen LogP contribution is -2.38. The van der Waals surface area contributed by atoms with Crippen LogP contribution in [0, 0.1) is 5.92 Å². The molecule has 2 heterocycles. The third-order valence-electron chi connectivity index (χ3n) is 5.40. The van der Waals surface area contributed by atoms with Gasteiger partial charge in [-0.05, 0) is 25.0 Å². The van der Waals surface area contributed by atoms with E-state index in [4.69, 9.17) is 14.2 Å². The van der Waals surface area contributed by atoms with Crippen LogP contribution in [0.1, 0.15) is 12.8 Å². The fourth-order valence-corrected chi connectivity index (χ4v) is 3.66. The average Bonchev–Trinajstić information content (AvgIpc) is 2.84. The quantitative estimate of drug-likeness (QED) is 0.598. The van der Waals surface area contributed by atoms with Crippen LogP contribution in [-0.2, 0) is 4.79 Å². The van der Waals surface area contributed by atoms with Crippen LogP contribution in [0.5, 0.6) is 23.1 Å². The van der Waals surface area contributed by atoms with Gasteiger partial charge in [0.1, 0.15) is 29.4 Å². The van der Waals surface area contributed by atoms with Gasteiger partial charge in [-0.3, -0.25) is 4.79 Å². The molecule has 2 aromatic carbocycles. The number of rotatable bonds is 7. The van der Waals surface area contributed by atoms with E-state index in [0.29, 0.717) is 23.1 Å². The van der Waals surface area contributed by atoms with Crippen molar-refractivity contribution in [2.24, 2.45) is 5.92 Å². The van der Waals surface area contributed by atoms with E-state index in [9.17, 15) is 4.79 Å². The van der Waals surface area contributed by atoms with Crippen LogP contribution < -0.4 is 24.4 Å². The molecule has 0 bridgehead atoms. The molecule has 0 aliphatic carbocycles. The fraction of sp³-hybridized carbons (Fsp3) is 0.292. The topological polar surface area (TPSA) is 85.8 Å². The van der Waals surface area contributed by atoms with Crippen LogP contribution in [-0.4, -0.2) is 43.2 Å². The van der Waals surface area contributed by atoms with E-state index in [1.165, 1.54) is 6.33 Å². The molecule has 1 amide bonds. The van der Waals surface area contributed by atoms with E-state index >= 15 is 0 Å². The number of carbonyl (C=O) groups is 1. The van der Waals surface area contributed by atoms with Crippen molar-refractivity contribution in [3.63, 3.8) is 0 Å². The summed E-state index contributed by atoms with van der Waals surface area (Å²) in [7, 11) is 3.17. The lowest BCUT2D eigenvalue weighted by atomic mass is 9.96. The number of aromatic nitrogens is 2. The Kier molecular flexibility index (Phi) is 6.69. The molecular formula is C24H26N4O4. The summed E-state index contributed by atoms with van der Waals surface area (Å²) in [6, 6.07) is 16.7. The molecule has 0 atom stereocenters. The minimum atomic E-state index is -0.0784. The third-order valence-corrected chi connectivity index (χ3v) is 5.40. The van der Waals surface area contributed by atoms with Gasteiger partial charge in [-0.15, -0.1) is 0 Å². The van der Waals surface area contributed by atoms with Crippen molar-refractivity contribution in [2.45, 2.75) is 12.8 Å². The number of ether oxygens (including phenoxy) is 3. The first kappa shape index (κ1) is 21.4. The molecule has 8 heteroatoms. The van der Waals surface area contributed by atoms with Crippen molar-refractivity contribution < 1.29 is 19.0 Å². The van der Waals surface area contributed by atoms with Gasteiger partial charge in [-0.2, -0.15) is 0 Å². The summed E-state index contributed by atoms with van der Waals surface area (Å²) in [6.45, 7) is 1.45. The maximum atomic E-state index is 12.8. The maximum Gasteiger partial charge on any atom is 0.227 e. The summed E-state index contributed by atoms with van der Waals surface area (Å²) >= 11 is 0. The average molecular weight is 434 g/mol. The Hall–Kier alpha value is -3.81. The molecule has 8 nitrogen and oxygen atoms in total. The normalized spacial score (nSPS) is 14.0. The number of carbonyl (C=O) groups excluding carboxylic acids is 1. The summed E-state index contributed by atoms with van der Waals surface area (Å²) in [5, 5.41) is 2.99. The predicted octanol–water partition coefficient (Wildman–Crippen LogP) is 4.14. The van der Waals surface area contributed by atoms with Gasteiger partial charge in [-0.1, -0.05) is 18.2 Å². The molecule has 1 aliphatic rings. The van der Waals surface area contributed by atoms with Crippen molar-refractivity contribution in [2.75, 3.05) is 37.5 Å². The predicted molar refractivity (Wildman–Crippen MR) is 122 cm³/mol. The van der Waals surface area contributed by atoms with Gasteiger partial charge in [0.2, 0.25) is 11.8 Å². The number of methoxy groups -OCH3 is 2. The first-order valence-electron chi connectivity index (χ1n) is 10.5. The maximum absolute atomic E-state index is 12.8. The number of piperidine rings is 1. The van der Waals surface area contributed by atoms with Gasteiger partial charge in [0, 0.05) is 49.0 Å². The Bertz CT molecular complexity index is 1030. The summed E-state index contributed by atoms with van der Waals surface area (Å²) in [6.07, 6.45) is 2.96. The molecule has 1 fully saturated rings. The zero-order chi connectivity index (χ0) is 22.3. The number of hydrogen-bond donors (Lipinski definition) is 1. The standard InChI is InChI=1S/C24H26N4O4/c1-30-20-12-18(13-21(14-20)31-2)27-24(29)17-8-10-28(11-9-17)22-15-23(26-16-25-22)32-19-6-4-3-5-7-19/h3-7,12-17H,8-11H2,1-2H3,(H,27,29). The number of benzene rings is 2. The van der Waals surface area contributed by atoms with Crippen LogP contribution in [0.4, 0.5) is 11.5 Å². The Balaban J connectivity index is 1.35. The zero-order valence-corrected chi connectivity index (χ0v) is 18.2. The molecule has 0 saturated carbocycles. The first-order chi connectivity index (χ1) is 15.6. The highest BCUT2D eigenvalue weighted by Crippen LogP contribution is 2.29. The Morgan fingerprint density at radius 1 is 0.938 bits per heavy atom. The third kappa shape index (κ3) is 5.26.